The third-order valence-corrected chi connectivity index (χ3v) is 5.21. The maximum atomic E-state index is 11.7. The molecule has 2 atom stereocenters. The Hall–Kier alpha value is -2.04. The Morgan fingerprint density at radius 2 is 2.04 bits per heavy atom. The second-order valence-electron chi connectivity index (χ2n) is 6.40. The summed E-state index contributed by atoms with van der Waals surface area (Å²) in [5.41, 5.74) is 2.12. The molecule has 2 aromatic carbocycles. The van der Waals surface area contributed by atoms with E-state index >= 15 is 0 Å². The molecule has 4 nitrogen and oxygen atoms in total. The van der Waals surface area contributed by atoms with Crippen molar-refractivity contribution >= 4 is 17.6 Å². The highest BCUT2D eigenvalue weighted by atomic mass is 35.5. The second kappa shape index (κ2) is 7.89. The van der Waals surface area contributed by atoms with Gasteiger partial charge in [-0.3, -0.25) is 9.69 Å². The molecule has 0 bridgehead atoms. The minimum absolute atomic E-state index is 0.159. The maximum absolute atomic E-state index is 11.7. The lowest BCUT2D eigenvalue weighted by atomic mass is 10.0. The van der Waals surface area contributed by atoms with Gasteiger partial charge in [0, 0.05) is 17.6 Å². The summed E-state index contributed by atoms with van der Waals surface area (Å²) in [4.78, 5) is 13.8. The van der Waals surface area contributed by atoms with Crippen molar-refractivity contribution in [3.05, 3.63) is 64.7 Å². The number of carboxylic acid groups (broad SMARTS) is 1. The summed E-state index contributed by atoms with van der Waals surface area (Å²) in [6.07, 6.45) is 2.27. The molecule has 1 unspecified atom stereocenters. The molecule has 5 heteroatoms. The Morgan fingerprint density at radius 3 is 2.76 bits per heavy atom. The third-order valence-electron chi connectivity index (χ3n) is 4.84. The van der Waals surface area contributed by atoms with Crippen molar-refractivity contribution in [2.45, 2.75) is 37.9 Å². The van der Waals surface area contributed by atoms with E-state index in [1.54, 1.807) is 7.11 Å². The van der Waals surface area contributed by atoms with Gasteiger partial charge in [0.15, 0.2) is 0 Å². The molecule has 1 aliphatic heterocycles. The molecule has 1 N–H and O–H groups in total. The van der Waals surface area contributed by atoms with Gasteiger partial charge < -0.3 is 9.84 Å². The first-order chi connectivity index (χ1) is 12.1. The van der Waals surface area contributed by atoms with E-state index in [0.717, 1.165) is 34.7 Å². The van der Waals surface area contributed by atoms with Gasteiger partial charge in [0.05, 0.1) is 7.11 Å². The van der Waals surface area contributed by atoms with Crippen molar-refractivity contribution < 1.29 is 14.6 Å². The van der Waals surface area contributed by atoms with Crippen LogP contribution in [0.2, 0.25) is 5.02 Å². The van der Waals surface area contributed by atoms with Crippen LogP contribution in [-0.4, -0.2) is 35.2 Å². The van der Waals surface area contributed by atoms with E-state index in [0.29, 0.717) is 13.0 Å². The maximum Gasteiger partial charge on any atom is 0.320 e. The zero-order chi connectivity index (χ0) is 17.8. The molecule has 0 radical (unpaired) electrons. The summed E-state index contributed by atoms with van der Waals surface area (Å²) < 4.78 is 5.28. The first-order valence-corrected chi connectivity index (χ1v) is 8.81. The molecule has 3 rings (SSSR count). The van der Waals surface area contributed by atoms with Crippen LogP contribution in [0.5, 0.6) is 5.75 Å². The zero-order valence-corrected chi connectivity index (χ0v) is 14.9. The number of hydrogen-bond donors (Lipinski definition) is 1. The number of methoxy groups -OCH3 is 1. The lowest BCUT2D eigenvalue weighted by molar-refractivity contribution is -0.142. The lowest BCUT2D eigenvalue weighted by Crippen LogP contribution is -2.41. The highest BCUT2D eigenvalue weighted by molar-refractivity contribution is 6.31. The van der Waals surface area contributed by atoms with Gasteiger partial charge in [0.25, 0.3) is 0 Å². The predicted molar refractivity (Wildman–Crippen MR) is 98.1 cm³/mol. The summed E-state index contributed by atoms with van der Waals surface area (Å²) in [6.45, 7) is 0.587. The molecular weight excluding hydrogens is 338 g/mol. The van der Waals surface area contributed by atoms with Gasteiger partial charge in [0.2, 0.25) is 0 Å². The number of hydrogen-bond acceptors (Lipinski definition) is 3. The van der Waals surface area contributed by atoms with Crippen LogP contribution in [0.15, 0.2) is 48.5 Å². The number of rotatable bonds is 6. The van der Waals surface area contributed by atoms with E-state index in [1.165, 1.54) is 0 Å². The first-order valence-electron chi connectivity index (χ1n) is 8.43. The summed E-state index contributed by atoms with van der Waals surface area (Å²) >= 11 is 6.30. The van der Waals surface area contributed by atoms with Crippen LogP contribution < -0.4 is 4.74 Å². The number of ether oxygens (including phenoxy) is 1. The molecule has 1 fully saturated rings. The summed E-state index contributed by atoms with van der Waals surface area (Å²) in [7, 11) is 1.63. The van der Waals surface area contributed by atoms with Gasteiger partial charge in [-0.05, 0) is 48.6 Å². The van der Waals surface area contributed by atoms with Crippen LogP contribution >= 0.6 is 11.6 Å². The number of benzene rings is 2. The molecule has 1 saturated heterocycles. The van der Waals surface area contributed by atoms with Crippen molar-refractivity contribution in [1.82, 2.24) is 4.90 Å². The van der Waals surface area contributed by atoms with Crippen molar-refractivity contribution in [3.63, 3.8) is 0 Å². The number of nitrogens with zero attached hydrogens (tertiary/aromatic N) is 1. The molecular formula is C20H22ClNO3. The fraction of sp³-hybridized carbons (Fsp3) is 0.350. The molecule has 132 valence electrons. The largest absolute Gasteiger partial charge is 0.497 e. The molecule has 25 heavy (non-hydrogen) atoms. The Morgan fingerprint density at radius 1 is 1.24 bits per heavy atom. The van der Waals surface area contributed by atoms with E-state index in [9.17, 15) is 9.90 Å². The SMILES string of the molecule is COc1cccc(CN2C(Cc3ccccc3Cl)CC[C@H]2C(=O)O)c1. The molecule has 0 amide bonds. The van der Waals surface area contributed by atoms with Crippen LogP contribution in [0.25, 0.3) is 0 Å². The van der Waals surface area contributed by atoms with Gasteiger partial charge in [-0.1, -0.05) is 41.9 Å². The number of aliphatic carboxylic acids is 1. The van der Waals surface area contributed by atoms with E-state index in [1.807, 2.05) is 48.5 Å². The van der Waals surface area contributed by atoms with Crippen LogP contribution in [0.3, 0.4) is 0 Å². The normalized spacial score (nSPS) is 20.6. The third kappa shape index (κ3) is 4.14. The van der Waals surface area contributed by atoms with Crippen molar-refractivity contribution in [1.29, 1.82) is 0 Å². The van der Waals surface area contributed by atoms with E-state index in [2.05, 4.69) is 4.90 Å². The summed E-state index contributed by atoms with van der Waals surface area (Å²) in [5.74, 6) is 0.0239. The molecule has 0 saturated carbocycles. The Bertz CT molecular complexity index is 749. The highest BCUT2D eigenvalue weighted by Crippen LogP contribution is 2.31. The van der Waals surface area contributed by atoms with Gasteiger partial charge in [-0.2, -0.15) is 0 Å². The quantitative estimate of drug-likeness (QED) is 0.846. The summed E-state index contributed by atoms with van der Waals surface area (Å²) in [6, 6.07) is 15.3. The fourth-order valence-corrected chi connectivity index (χ4v) is 3.77. The molecule has 1 aliphatic rings. The molecule has 0 spiro atoms. The fourth-order valence-electron chi connectivity index (χ4n) is 3.56. The van der Waals surface area contributed by atoms with E-state index < -0.39 is 12.0 Å². The molecule has 0 aliphatic carbocycles. The first kappa shape index (κ1) is 17.8. The number of likely N-dealkylation sites (tertiary alicyclic amines) is 1. The van der Waals surface area contributed by atoms with Gasteiger partial charge in [-0.25, -0.2) is 0 Å². The van der Waals surface area contributed by atoms with Crippen LogP contribution in [0.1, 0.15) is 24.0 Å². The number of halogens is 1. The lowest BCUT2D eigenvalue weighted by Gasteiger charge is -2.28. The minimum atomic E-state index is -0.760. The predicted octanol–water partition coefficient (Wildman–Crippen LogP) is 4.01. The second-order valence-corrected chi connectivity index (χ2v) is 6.81. The van der Waals surface area contributed by atoms with Crippen molar-refractivity contribution in [2.24, 2.45) is 0 Å². The Kier molecular flexibility index (Phi) is 5.61. The highest BCUT2D eigenvalue weighted by Gasteiger charge is 2.37. The zero-order valence-electron chi connectivity index (χ0n) is 14.2. The molecule has 0 aromatic heterocycles. The monoisotopic (exact) mass is 359 g/mol. The number of carboxylic acids is 1. The van der Waals surface area contributed by atoms with E-state index in [-0.39, 0.29) is 6.04 Å². The minimum Gasteiger partial charge on any atom is -0.497 e. The average Bonchev–Trinajstić information content (AvgIpc) is 3.00. The van der Waals surface area contributed by atoms with Crippen molar-refractivity contribution in [3.8, 4) is 5.75 Å². The van der Waals surface area contributed by atoms with Crippen LogP contribution in [0.4, 0.5) is 0 Å². The van der Waals surface area contributed by atoms with Crippen LogP contribution in [-0.2, 0) is 17.8 Å². The smallest absolute Gasteiger partial charge is 0.320 e. The van der Waals surface area contributed by atoms with Gasteiger partial charge in [0.1, 0.15) is 11.8 Å². The summed E-state index contributed by atoms with van der Waals surface area (Å²) in [5, 5.41) is 10.3. The Balaban J connectivity index is 1.82. The molecule has 2 aromatic rings. The van der Waals surface area contributed by atoms with Gasteiger partial charge in [-0.15, -0.1) is 0 Å². The molecule has 1 heterocycles. The van der Waals surface area contributed by atoms with Gasteiger partial charge >= 0.3 is 5.97 Å². The van der Waals surface area contributed by atoms with E-state index in [4.69, 9.17) is 16.3 Å². The number of carbonyl (C=O) groups is 1. The van der Waals surface area contributed by atoms with Crippen molar-refractivity contribution in [2.75, 3.05) is 7.11 Å². The van der Waals surface area contributed by atoms with Crippen LogP contribution in [0, 0.1) is 0 Å². The average molecular weight is 360 g/mol. The topological polar surface area (TPSA) is 49.8 Å². The Labute approximate surface area is 153 Å². The standard InChI is InChI=1S/C20H22ClNO3/c1-25-17-7-4-5-14(11-17)13-22-16(9-10-19(22)20(23)24)12-15-6-2-3-8-18(15)21/h2-8,11,16,19H,9-10,12-13H2,1H3,(H,23,24)/t16?,19-/m0/s1.